The predicted octanol–water partition coefficient (Wildman–Crippen LogP) is 3.92. The maximum absolute atomic E-state index is 12.4. The van der Waals surface area contributed by atoms with Crippen molar-refractivity contribution in [3.63, 3.8) is 0 Å². The summed E-state index contributed by atoms with van der Waals surface area (Å²) in [7, 11) is 0. The molecule has 24 heavy (non-hydrogen) atoms. The second kappa shape index (κ2) is 8.66. The zero-order valence-corrected chi connectivity index (χ0v) is 14.9. The Balaban J connectivity index is 1.52. The summed E-state index contributed by atoms with van der Waals surface area (Å²) in [6.45, 7) is 3.29. The molecule has 1 saturated heterocycles. The van der Waals surface area contributed by atoms with Crippen molar-refractivity contribution in [2.45, 2.75) is 69.7 Å². The van der Waals surface area contributed by atoms with Gasteiger partial charge in [0.1, 0.15) is 0 Å². The summed E-state index contributed by atoms with van der Waals surface area (Å²) in [5, 5.41) is 3.28. The van der Waals surface area contributed by atoms with Crippen LogP contribution in [0.15, 0.2) is 30.3 Å². The van der Waals surface area contributed by atoms with Gasteiger partial charge in [-0.3, -0.25) is 9.69 Å². The Morgan fingerprint density at radius 1 is 0.958 bits per heavy atom. The lowest BCUT2D eigenvalue weighted by atomic mass is 9.79. The predicted molar refractivity (Wildman–Crippen MR) is 99.0 cm³/mol. The van der Waals surface area contributed by atoms with Gasteiger partial charge in [0.2, 0.25) is 5.91 Å². The fourth-order valence-electron chi connectivity index (χ4n) is 4.44. The van der Waals surface area contributed by atoms with E-state index in [0.717, 1.165) is 13.0 Å². The number of aryl methyl sites for hydroxylation is 1. The quantitative estimate of drug-likeness (QED) is 0.858. The Morgan fingerprint density at radius 2 is 1.62 bits per heavy atom. The number of carbonyl (C=O) groups excluding carboxylic acids is 1. The van der Waals surface area contributed by atoms with Crippen molar-refractivity contribution in [3.05, 3.63) is 35.9 Å². The maximum atomic E-state index is 12.4. The number of nitrogens with one attached hydrogen (secondary N) is 1. The van der Waals surface area contributed by atoms with Crippen LogP contribution in [-0.4, -0.2) is 36.0 Å². The molecular formula is C21H32N2O. The minimum atomic E-state index is 0.209. The molecule has 2 aliphatic rings. The van der Waals surface area contributed by atoms with Crippen LogP contribution < -0.4 is 5.32 Å². The van der Waals surface area contributed by atoms with E-state index in [1.165, 1.54) is 70.0 Å². The zero-order valence-electron chi connectivity index (χ0n) is 14.9. The summed E-state index contributed by atoms with van der Waals surface area (Å²) >= 11 is 0. The van der Waals surface area contributed by atoms with Crippen molar-refractivity contribution in [1.82, 2.24) is 10.2 Å². The molecule has 0 spiro atoms. The van der Waals surface area contributed by atoms with Gasteiger partial charge in [-0.1, -0.05) is 56.0 Å². The van der Waals surface area contributed by atoms with E-state index in [2.05, 4.69) is 22.3 Å². The van der Waals surface area contributed by atoms with Gasteiger partial charge < -0.3 is 5.32 Å². The summed E-state index contributed by atoms with van der Waals surface area (Å²) in [6.07, 6.45) is 12.0. The molecule has 0 radical (unpaired) electrons. The molecule has 3 heteroatoms. The fourth-order valence-corrected chi connectivity index (χ4v) is 4.44. The SMILES string of the molecule is O=C(CCc1ccccc1)NCC1(N2CCCCC2)CCCCC1. The third kappa shape index (κ3) is 4.60. The lowest BCUT2D eigenvalue weighted by molar-refractivity contribution is -0.122. The number of rotatable bonds is 6. The smallest absolute Gasteiger partial charge is 0.220 e. The van der Waals surface area contributed by atoms with Crippen LogP contribution in [-0.2, 0) is 11.2 Å². The van der Waals surface area contributed by atoms with Gasteiger partial charge in [-0.2, -0.15) is 0 Å². The Morgan fingerprint density at radius 3 is 2.33 bits per heavy atom. The van der Waals surface area contributed by atoms with Crippen LogP contribution in [0, 0.1) is 0 Å². The summed E-state index contributed by atoms with van der Waals surface area (Å²) in [5.41, 5.74) is 1.48. The standard InChI is InChI=1S/C21H32N2O/c24-20(13-12-19-10-4-1-5-11-19)22-18-21(14-6-2-7-15-21)23-16-8-3-9-17-23/h1,4-5,10-11H,2-3,6-9,12-18H2,(H,22,24). The van der Waals surface area contributed by atoms with Crippen molar-refractivity contribution in [1.29, 1.82) is 0 Å². The van der Waals surface area contributed by atoms with Gasteiger partial charge in [0.05, 0.1) is 0 Å². The summed E-state index contributed by atoms with van der Waals surface area (Å²) in [6, 6.07) is 10.3. The summed E-state index contributed by atoms with van der Waals surface area (Å²) in [4.78, 5) is 15.1. The van der Waals surface area contributed by atoms with Crippen molar-refractivity contribution >= 4 is 5.91 Å². The first-order valence-electron chi connectivity index (χ1n) is 9.84. The van der Waals surface area contributed by atoms with Gasteiger partial charge in [-0.05, 0) is 50.8 Å². The molecule has 132 valence electrons. The van der Waals surface area contributed by atoms with Gasteiger partial charge in [0.25, 0.3) is 0 Å². The minimum absolute atomic E-state index is 0.209. The molecule has 1 aliphatic heterocycles. The van der Waals surface area contributed by atoms with Crippen LogP contribution >= 0.6 is 0 Å². The first-order valence-corrected chi connectivity index (χ1v) is 9.84. The molecule has 2 fully saturated rings. The van der Waals surface area contributed by atoms with Crippen molar-refractivity contribution < 1.29 is 4.79 Å². The number of benzene rings is 1. The number of hydrogen-bond donors (Lipinski definition) is 1. The van der Waals surface area contributed by atoms with Crippen molar-refractivity contribution in [2.75, 3.05) is 19.6 Å². The minimum Gasteiger partial charge on any atom is -0.354 e. The third-order valence-electron chi connectivity index (χ3n) is 5.91. The Kier molecular flexibility index (Phi) is 6.30. The number of hydrogen-bond acceptors (Lipinski definition) is 2. The molecule has 1 aliphatic carbocycles. The average Bonchev–Trinajstić information content (AvgIpc) is 2.67. The molecular weight excluding hydrogens is 296 g/mol. The number of piperidine rings is 1. The molecule has 1 amide bonds. The highest BCUT2D eigenvalue weighted by Crippen LogP contribution is 2.35. The van der Waals surface area contributed by atoms with E-state index >= 15 is 0 Å². The van der Waals surface area contributed by atoms with Crippen LogP contribution in [0.2, 0.25) is 0 Å². The average molecular weight is 329 g/mol. The van der Waals surface area contributed by atoms with Crippen LogP contribution in [0.5, 0.6) is 0 Å². The first-order chi connectivity index (χ1) is 11.8. The molecule has 1 N–H and O–H groups in total. The van der Waals surface area contributed by atoms with E-state index in [4.69, 9.17) is 0 Å². The van der Waals surface area contributed by atoms with E-state index in [1.54, 1.807) is 0 Å². The number of carbonyl (C=O) groups is 1. The van der Waals surface area contributed by atoms with E-state index in [0.29, 0.717) is 6.42 Å². The van der Waals surface area contributed by atoms with Gasteiger partial charge in [-0.25, -0.2) is 0 Å². The number of amides is 1. The van der Waals surface area contributed by atoms with Crippen LogP contribution in [0.4, 0.5) is 0 Å². The lowest BCUT2D eigenvalue weighted by Gasteiger charge is -2.48. The van der Waals surface area contributed by atoms with E-state index in [-0.39, 0.29) is 11.4 Å². The summed E-state index contributed by atoms with van der Waals surface area (Å²) in [5.74, 6) is 0.209. The third-order valence-corrected chi connectivity index (χ3v) is 5.91. The number of nitrogens with zero attached hydrogens (tertiary/aromatic N) is 1. The van der Waals surface area contributed by atoms with Crippen LogP contribution in [0.3, 0.4) is 0 Å². The normalized spacial score (nSPS) is 21.3. The Bertz CT molecular complexity index is 502. The molecule has 0 atom stereocenters. The summed E-state index contributed by atoms with van der Waals surface area (Å²) < 4.78 is 0. The van der Waals surface area contributed by atoms with Crippen LogP contribution in [0.25, 0.3) is 0 Å². The van der Waals surface area contributed by atoms with Gasteiger partial charge in [0, 0.05) is 18.5 Å². The lowest BCUT2D eigenvalue weighted by Crippen LogP contribution is -2.58. The van der Waals surface area contributed by atoms with Crippen molar-refractivity contribution in [3.8, 4) is 0 Å². The molecule has 3 nitrogen and oxygen atoms in total. The molecule has 3 rings (SSSR count). The van der Waals surface area contributed by atoms with E-state index < -0.39 is 0 Å². The second-order valence-electron chi connectivity index (χ2n) is 7.60. The largest absolute Gasteiger partial charge is 0.354 e. The monoisotopic (exact) mass is 328 g/mol. The van der Waals surface area contributed by atoms with Crippen LogP contribution in [0.1, 0.15) is 63.4 Å². The maximum Gasteiger partial charge on any atom is 0.220 e. The number of likely N-dealkylation sites (tertiary alicyclic amines) is 1. The highest BCUT2D eigenvalue weighted by atomic mass is 16.1. The highest BCUT2D eigenvalue weighted by molar-refractivity contribution is 5.76. The first kappa shape index (κ1) is 17.5. The molecule has 0 aromatic heterocycles. The fraction of sp³-hybridized carbons (Fsp3) is 0.667. The Hall–Kier alpha value is -1.35. The zero-order chi connectivity index (χ0) is 16.7. The molecule has 1 aromatic carbocycles. The molecule has 1 saturated carbocycles. The van der Waals surface area contributed by atoms with Gasteiger partial charge in [0.15, 0.2) is 0 Å². The topological polar surface area (TPSA) is 32.3 Å². The van der Waals surface area contributed by atoms with Crippen molar-refractivity contribution in [2.24, 2.45) is 0 Å². The molecule has 1 aromatic rings. The van der Waals surface area contributed by atoms with Gasteiger partial charge in [-0.15, -0.1) is 0 Å². The van der Waals surface area contributed by atoms with Gasteiger partial charge >= 0.3 is 0 Å². The highest BCUT2D eigenvalue weighted by Gasteiger charge is 2.38. The van der Waals surface area contributed by atoms with E-state index in [9.17, 15) is 4.79 Å². The second-order valence-corrected chi connectivity index (χ2v) is 7.60. The molecule has 0 unspecified atom stereocenters. The Labute approximate surface area is 146 Å². The van der Waals surface area contributed by atoms with E-state index in [1.807, 2.05) is 18.2 Å². The molecule has 0 bridgehead atoms. The molecule has 1 heterocycles.